The highest BCUT2D eigenvalue weighted by Gasteiger charge is 2.25. The minimum Gasteiger partial charge on any atom is -0.493 e. The molecule has 0 aliphatic heterocycles. The Hall–Kier alpha value is -2.81. The van der Waals surface area contributed by atoms with Gasteiger partial charge in [-0.3, -0.25) is 9.78 Å². The molecule has 34 heavy (non-hydrogen) atoms. The van der Waals surface area contributed by atoms with Crippen LogP contribution in [-0.4, -0.2) is 29.1 Å². The van der Waals surface area contributed by atoms with Gasteiger partial charge in [0.2, 0.25) is 5.89 Å². The van der Waals surface area contributed by atoms with Gasteiger partial charge in [-0.15, -0.1) is 0 Å². The summed E-state index contributed by atoms with van der Waals surface area (Å²) in [6, 6.07) is 4.85. The van der Waals surface area contributed by atoms with Crippen molar-refractivity contribution in [3.63, 3.8) is 0 Å². The molecule has 0 bridgehead atoms. The molecule has 10 heteroatoms. The van der Waals surface area contributed by atoms with E-state index >= 15 is 0 Å². The number of oxazole rings is 1. The van der Waals surface area contributed by atoms with Gasteiger partial charge in [-0.05, 0) is 50.8 Å². The molecule has 8 nitrogen and oxygen atoms in total. The number of benzene rings is 1. The maximum absolute atomic E-state index is 13.0. The number of hydrogen-bond donors (Lipinski definition) is 2. The number of nitrogens with zero attached hydrogens (tertiary/aromatic N) is 2. The lowest BCUT2D eigenvalue weighted by Gasteiger charge is -2.16. The molecular weight excluding hydrogens is 479 g/mol. The number of halogens is 2. The fraction of sp³-hybridized carbons (Fsp3) is 0.375. The molecule has 2 aromatic heterocycles. The highest BCUT2D eigenvalue weighted by atomic mass is 35.5. The number of rotatable bonds is 8. The average Bonchev–Trinajstić information content (AvgIpc) is 3.49. The number of nitrogens with one attached hydrogen (secondary N) is 1. The molecule has 1 atom stereocenters. The zero-order valence-electron chi connectivity index (χ0n) is 18.9. The van der Waals surface area contributed by atoms with Crippen molar-refractivity contribution in [1.29, 1.82) is 0 Å². The van der Waals surface area contributed by atoms with Crippen LogP contribution in [-0.2, 0) is 6.54 Å². The molecular formula is C24H26Cl2N4O4. The van der Waals surface area contributed by atoms with Crippen LogP contribution < -0.4 is 20.5 Å². The summed E-state index contributed by atoms with van der Waals surface area (Å²) in [6.07, 6.45) is 7.41. The van der Waals surface area contributed by atoms with E-state index < -0.39 is 11.9 Å². The quantitative estimate of drug-likeness (QED) is 0.426. The van der Waals surface area contributed by atoms with Crippen molar-refractivity contribution in [3.05, 3.63) is 57.7 Å². The Morgan fingerprint density at radius 2 is 1.94 bits per heavy atom. The van der Waals surface area contributed by atoms with Gasteiger partial charge in [0, 0.05) is 30.1 Å². The monoisotopic (exact) mass is 504 g/mol. The van der Waals surface area contributed by atoms with Crippen molar-refractivity contribution in [2.75, 3.05) is 7.11 Å². The van der Waals surface area contributed by atoms with Crippen molar-refractivity contribution in [3.8, 4) is 23.0 Å². The number of pyridine rings is 1. The van der Waals surface area contributed by atoms with Crippen LogP contribution in [0.3, 0.4) is 0 Å². The van der Waals surface area contributed by atoms with Crippen LogP contribution >= 0.6 is 23.2 Å². The van der Waals surface area contributed by atoms with Crippen molar-refractivity contribution >= 4 is 29.1 Å². The maximum Gasteiger partial charge on any atom is 0.273 e. The van der Waals surface area contributed by atoms with Crippen LogP contribution in [0.2, 0.25) is 10.0 Å². The van der Waals surface area contributed by atoms with Gasteiger partial charge in [0.15, 0.2) is 23.0 Å². The van der Waals surface area contributed by atoms with Crippen LogP contribution in [0.4, 0.5) is 0 Å². The predicted molar refractivity (Wildman–Crippen MR) is 129 cm³/mol. The van der Waals surface area contributed by atoms with Crippen molar-refractivity contribution in [1.82, 2.24) is 15.3 Å². The summed E-state index contributed by atoms with van der Waals surface area (Å²) in [4.78, 5) is 21.3. The molecule has 3 aromatic rings. The molecule has 180 valence electrons. The molecule has 2 heterocycles. The number of aromatic nitrogens is 2. The first-order valence-electron chi connectivity index (χ1n) is 11.0. The lowest BCUT2D eigenvalue weighted by molar-refractivity contribution is 0.0944. The van der Waals surface area contributed by atoms with Crippen LogP contribution in [0.25, 0.3) is 11.5 Å². The zero-order chi connectivity index (χ0) is 24.2. The van der Waals surface area contributed by atoms with E-state index in [0.717, 1.165) is 25.7 Å². The summed E-state index contributed by atoms with van der Waals surface area (Å²) in [7, 11) is 1.60. The van der Waals surface area contributed by atoms with Crippen LogP contribution in [0.15, 0.2) is 35.0 Å². The van der Waals surface area contributed by atoms with Crippen molar-refractivity contribution in [2.45, 2.75) is 51.3 Å². The van der Waals surface area contributed by atoms with E-state index in [1.54, 1.807) is 26.2 Å². The van der Waals surface area contributed by atoms with Gasteiger partial charge in [0.05, 0.1) is 29.3 Å². The molecule has 1 unspecified atom stereocenters. The number of ether oxygens (including phenoxy) is 2. The van der Waals surface area contributed by atoms with Crippen LogP contribution in [0.1, 0.15) is 60.5 Å². The van der Waals surface area contributed by atoms with Crippen molar-refractivity contribution < 1.29 is 18.7 Å². The van der Waals surface area contributed by atoms with E-state index in [9.17, 15) is 4.79 Å². The molecule has 1 fully saturated rings. The first-order valence-corrected chi connectivity index (χ1v) is 11.8. The second-order valence-electron chi connectivity index (χ2n) is 8.17. The summed E-state index contributed by atoms with van der Waals surface area (Å²) in [5.41, 5.74) is 7.38. The van der Waals surface area contributed by atoms with E-state index in [2.05, 4.69) is 15.3 Å². The Morgan fingerprint density at radius 1 is 1.24 bits per heavy atom. The summed E-state index contributed by atoms with van der Waals surface area (Å²) in [5, 5.41) is 3.49. The molecule has 1 aliphatic carbocycles. The Labute approximate surface area is 207 Å². The maximum atomic E-state index is 13.0. The van der Waals surface area contributed by atoms with E-state index in [1.807, 2.05) is 6.07 Å². The van der Waals surface area contributed by atoms with Gasteiger partial charge in [-0.25, -0.2) is 4.98 Å². The fourth-order valence-corrected chi connectivity index (χ4v) is 4.37. The van der Waals surface area contributed by atoms with Crippen LogP contribution in [0, 0.1) is 0 Å². The Bertz CT molecular complexity index is 1160. The Morgan fingerprint density at radius 3 is 2.59 bits per heavy atom. The number of amides is 1. The van der Waals surface area contributed by atoms with Gasteiger partial charge < -0.3 is 24.9 Å². The first-order chi connectivity index (χ1) is 16.4. The molecule has 0 saturated heterocycles. The molecule has 4 rings (SSSR count). The second kappa shape index (κ2) is 10.6. The van der Waals surface area contributed by atoms with E-state index in [0.29, 0.717) is 32.7 Å². The summed E-state index contributed by atoms with van der Waals surface area (Å²) >= 11 is 12.3. The van der Waals surface area contributed by atoms with Gasteiger partial charge in [-0.2, -0.15) is 0 Å². The summed E-state index contributed by atoms with van der Waals surface area (Å²) < 4.78 is 17.6. The average molecular weight is 505 g/mol. The lowest BCUT2D eigenvalue weighted by Crippen LogP contribution is -2.25. The topological polar surface area (TPSA) is 112 Å². The third kappa shape index (κ3) is 5.29. The van der Waals surface area contributed by atoms with Crippen LogP contribution in [0.5, 0.6) is 11.5 Å². The van der Waals surface area contributed by atoms with E-state index in [1.165, 1.54) is 12.4 Å². The predicted octanol–water partition coefficient (Wildman–Crippen LogP) is 5.32. The van der Waals surface area contributed by atoms with Gasteiger partial charge in [0.1, 0.15) is 0 Å². The molecule has 0 radical (unpaired) electrons. The zero-order valence-corrected chi connectivity index (χ0v) is 20.4. The number of hydrogen-bond acceptors (Lipinski definition) is 7. The molecule has 0 spiro atoms. The highest BCUT2D eigenvalue weighted by Crippen LogP contribution is 2.36. The van der Waals surface area contributed by atoms with Crippen molar-refractivity contribution in [2.24, 2.45) is 5.73 Å². The van der Waals surface area contributed by atoms with Gasteiger partial charge >= 0.3 is 0 Å². The molecule has 1 amide bonds. The second-order valence-corrected chi connectivity index (χ2v) is 8.99. The molecule has 1 aromatic carbocycles. The first kappa shape index (κ1) is 24.3. The highest BCUT2D eigenvalue weighted by molar-refractivity contribution is 6.35. The number of carbonyl (C=O) groups is 1. The largest absolute Gasteiger partial charge is 0.493 e. The Kier molecular flexibility index (Phi) is 7.60. The Balaban J connectivity index is 1.60. The smallest absolute Gasteiger partial charge is 0.273 e. The van der Waals surface area contributed by atoms with Gasteiger partial charge in [-0.1, -0.05) is 23.2 Å². The fourth-order valence-electron chi connectivity index (χ4n) is 3.87. The van der Waals surface area contributed by atoms with E-state index in [-0.39, 0.29) is 30.0 Å². The molecule has 3 N–H and O–H groups in total. The summed E-state index contributed by atoms with van der Waals surface area (Å²) in [5.74, 6) is 1.31. The minimum atomic E-state index is -0.553. The number of methoxy groups -OCH3 is 1. The number of carbonyl (C=O) groups excluding carboxylic acids is 1. The third-order valence-electron chi connectivity index (χ3n) is 5.67. The number of nitrogens with two attached hydrogens (primary N) is 1. The molecule has 1 saturated carbocycles. The van der Waals surface area contributed by atoms with E-state index in [4.69, 9.17) is 42.8 Å². The minimum absolute atomic E-state index is 0.0976. The normalized spacial score (nSPS) is 14.7. The SMILES string of the molecule is COc1ccc(-c2nc(C(=O)NCc3c(Cl)cncc3Cl)c(C(C)N)o2)cc1OC1CCCC1. The van der Waals surface area contributed by atoms with Gasteiger partial charge in [0.25, 0.3) is 5.91 Å². The third-order valence-corrected chi connectivity index (χ3v) is 6.32. The molecule has 1 aliphatic rings. The standard InChI is InChI=1S/C24H26Cl2N4O4/c1-13(27)22-21(23(31)29-10-16-17(25)11-28-12-18(16)26)30-24(34-22)14-7-8-19(32-2)20(9-14)33-15-5-3-4-6-15/h7-9,11-13,15H,3-6,10,27H2,1-2H3,(H,29,31). The summed E-state index contributed by atoms with van der Waals surface area (Å²) in [6.45, 7) is 1.82. The lowest BCUT2D eigenvalue weighted by atomic mass is 10.2.